The smallest absolute Gasteiger partial charge is 0.177 e. The van der Waals surface area contributed by atoms with Crippen LogP contribution in [0.1, 0.15) is 18.3 Å². The van der Waals surface area contributed by atoms with E-state index in [1.54, 1.807) is 0 Å². The van der Waals surface area contributed by atoms with Crippen LogP contribution in [0.4, 0.5) is 0 Å². The van der Waals surface area contributed by atoms with Crippen LogP contribution in [0.15, 0.2) is 12.3 Å². The Labute approximate surface area is 82.8 Å². The Morgan fingerprint density at radius 2 is 2.36 bits per heavy atom. The number of hydrogen-bond acceptors (Lipinski definition) is 3. The van der Waals surface area contributed by atoms with E-state index in [1.807, 2.05) is 13.1 Å². The molecule has 0 saturated carbocycles. The normalized spacial score (nSPS) is 11.0. The summed E-state index contributed by atoms with van der Waals surface area (Å²) >= 11 is 0. The first-order chi connectivity index (χ1) is 6.79. The maximum absolute atomic E-state index is 4.36. The number of rotatable bonds is 3. The molecule has 0 atom stereocenters. The third kappa shape index (κ3) is 1.75. The first-order valence-electron chi connectivity index (χ1n) is 4.81. The highest BCUT2D eigenvalue weighted by Gasteiger charge is 2.02. The Morgan fingerprint density at radius 1 is 1.50 bits per heavy atom. The number of imidazole rings is 1. The molecule has 0 aliphatic heterocycles. The maximum Gasteiger partial charge on any atom is 0.177 e. The van der Waals surface area contributed by atoms with Crippen LogP contribution in [0.3, 0.4) is 0 Å². The molecule has 0 aliphatic rings. The van der Waals surface area contributed by atoms with Crippen LogP contribution in [0.25, 0.3) is 11.2 Å². The second kappa shape index (κ2) is 3.75. The highest BCUT2D eigenvalue weighted by molar-refractivity contribution is 5.70. The fourth-order valence-electron chi connectivity index (χ4n) is 1.38. The number of aromatic amines is 1. The Morgan fingerprint density at radius 3 is 3.14 bits per heavy atom. The molecule has 0 bridgehead atoms. The van der Waals surface area contributed by atoms with E-state index in [-0.39, 0.29) is 0 Å². The number of aromatic nitrogens is 3. The Bertz CT molecular complexity index is 433. The summed E-state index contributed by atoms with van der Waals surface area (Å²) in [6.07, 6.45) is 1.83. The summed E-state index contributed by atoms with van der Waals surface area (Å²) in [6.45, 7) is 5.82. The molecule has 4 heteroatoms. The van der Waals surface area contributed by atoms with Gasteiger partial charge in [0, 0.05) is 6.20 Å². The molecule has 14 heavy (non-hydrogen) atoms. The molecule has 0 spiro atoms. The quantitative estimate of drug-likeness (QED) is 0.768. The minimum Gasteiger partial charge on any atom is -0.340 e. The van der Waals surface area contributed by atoms with Gasteiger partial charge in [0.1, 0.15) is 5.82 Å². The van der Waals surface area contributed by atoms with Crippen molar-refractivity contribution in [1.29, 1.82) is 0 Å². The Hall–Kier alpha value is -1.42. The highest BCUT2D eigenvalue weighted by atomic mass is 15.0. The van der Waals surface area contributed by atoms with Crippen LogP contribution >= 0.6 is 0 Å². The predicted octanol–water partition coefficient (Wildman–Crippen LogP) is 1.38. The van der Waals surface area contributed by atoms with Gasteiger partial charge in [-0.15, -0.1) is 0 Å². The lowest BCUT2D eigenvalue weighted by Crippen LogP contribution is -2.12. The molecule has 0 unspecified atom stereocenters. The molecule has 4 nitrogen and oxygen atoms in total. The molecule has 2 aromatic rings. The van der Waals surface area contributed by atoms with Crippen molar-refractivity contribution >= 4 is 11.2 Å². The predicted molar refractivity (Wildman–Crippen MR) is 56.0 cm³/mol. The van der Waals surface area contributed by atoms with Crippen LogP contribution in [-0.4, -0.2) is 21.5 Å². The average Bonchev–Trinajstić information content (AvgIpc) is 2.56. The van der Waals surface area contributed by atoms with Gasteiger partial charge in [-0.25, -0.2) is 9.97 Å². The lowest BCUT2D eigenvalue weighted by Gasteiger charge is -1.94. The van der Waals surface area contributed by atoms with E-state index >= 15 is 0 Å². The maximum atomic E-state index is 4.36. The molecular formula is C10H14N4. The van der Waals surface area contributed by atoms with E-state index in [1.165, 1.54) is 0 Å². The second-order valence-corrected chi connectivity index (χ2v) is 3.35. The third-order valence-corrected chi connectivity index (χ3v) is 2.07. The van der Waals surface area contributed by atoms with E-state index < -0.39 is 0 Å². The minimum absolute atomic E-state index is 0.770. The number of aryl methyl sites for hydroxylation is 1. The van der Waals surface area contributed by atoms with Crippen LogP contribution < -0.4 is 5.32 Å². The number of nitrogens with one attached hydrogen (secondary N) is 2. The van der Waals surface area contributed by atoms with Crippen molar-refractivity contribution in [2.45, 2.75) is 20.4 Å². The summed E-state index contributed by atoms with van der Waals surface area (Å²) in [5.74, 6) is 0.944. The van der Waals surface area contributed by atoms with Crippen molar-refractivity contribution in [3.63, 3.8) is 0 Å². The zero-order valence-electron chi connectivity index (χ0n) is 8.46. The fraction of sp³-hybridized carbons (Fsp3) is 0.400. The molecule has 0 radical (unpaired) electrons. The number of fused-ring (bicyclic) bond motifs is 1. The van der Waals surface area contributed by atoms with E-state index in [0.717, 1.165) is 35.6 Å². The third-order valence-electron chi connectivity index (χ3n) is 2.07. The molecule has 74 valence electrons. The van der Waals surface area contributed by atoms with Crippen LogP contribution in [0, 0.1) is 6.92 Å². The average molecular weight is 190 g/mol. The van der Waals surface area contributed by atoms with Crippen LogP contribution in [0.2, 0.25) is 0 Å². The lowest BCUT2D eigenvalue weighted by molar-refractivity contribution is 0.700. The van der Waals surface area contributed by atoms with Crippen molar-refractivity contribution in [3.8, 4) is 0 Å². The molecule has 2 N–H and O–H groups in total. The summed E-state index contributed by atoms with van der Waals surface area (Å²) in [5.41, 5.74) is 2.96. The summed E-state index contributed by atoms with van der Waals surface area (Å²) < 4.78 is 0. The fourth-order valence-corrected chi connectivity index (χ4v) is 1.38. The molecule has 0 amide bonds. The topological polar surface area (TPSA) is 53.6 Å². The lowest BCUT2D eigenvalue weighted by atomic mass is 10.3. The van der Waals surface area contributed by atoms with Gasteiger partial charge in [-0.3, -0.25) is 0 Å². The molecular weight excluding hydrogens is 176 g/mol. The monoisotopic (exact) mass is 190 g/mol. The number of pyridine rings is 1. The highest BCUT2D eigenvalue weighted by Crippen LogP contribution is 2.09. The minimum atomic E-state index is 0.770. The van der Waals surface area contributed by atoms with Crippen LogP contribution in [0.5, 0.6) is 0 Å². The zero-order chi connectivity index (χ0) is 9.97. The van der Waals surface area contributed by atoms with E-state index in [4.69, 9.17) is 0 Å². The standard InChI is InChI=1S/C10H14N4/c1-3-11-6-9-13-8-4-7(2)5-12-10(8)14-9/h4-5,11H,3,6H2,1-2H3,(H,12,13,14). The number of nitrogens with zero attached hydrogens (tertiary/aromatic N) is 2. The van der Waals surface area contributed by atoms with Gasteiger partial charge in [-0.1, -0.05) is 6.92 Å². The van der Waals surface area contributed by atoms with Crippen molar-refractivity contribution in [1.82, 2.24) is 20.3 Å². The van der Waals surface area contributed by atoms with E-state index in [2.05, 4.69) is 33.3 Å². The molecule has 0 saturated heterocycles. The first-order valence-corrected chi connectivity index (χ1v) is 4.81. The molecule has 2 aromatic heterocycles. The van der Waals surface area contributed by atoms with Crippen molar-refractivity contribution in [2.75, 3.05) is 6.54 Å². The van der Waals surface area contributed by atoms with Gasteiger partial charge >= 0.3 is 0 Å². The molecule has 0 aliphatic carbocycles. The van der Waals surface area contributed by atoms with Gasteiger partial charge in [-0.2, -0.15) is 0 Å². The molecule has 0 aromatic carbocycles. The van der Waals surface area contributed by atoms with Gasteiger partial charge in [0.05, 0.1) is 12.1 Å². The van der Waals surface area contributed by atoms with Gasteiger partial charge in [-0.05, 0) is 25.1 Å². The Balaban J connectivity index is 2.32. The van der Waals surface area contributed by atoms with E-state index in [9.17, 15) is 0 Å². The van der Waals surface area contributed by atoms with Gasteiger partial charge in [0.2, 0.25) is 0 Å². The van der Waals surface area contributed by atoms with Crippen molar-refractivity contribution in [2.24, 2.45) is 0 Å². The largest absolute Gasteiger partial charge is 0.340 e. The van der Waals surface area contributed by atoms with Gasteiger partial charge < -0.3 is 10.3 Å². The molecule has 2 rings (SSSR count). The van der Waals surface area contributed by atoms with Crippen molar-refractivity contribution in [3.05, 3.63) is 23.7 Å². The van der Waals surface area contributed by atoms with E-state index in [0.29, 0.717) is 0 Å². The van der Waals surface area contributed by atoms with Gasteiger partial charge in [0.15, 0.2) is 5.65 Å². The van der Waals surface area contributed by atoms with Crippen LogP contribution in [-0.2, 0) is 6.54 Å². The summed E-state index contributed by atoms with van der Waals surface area (Å²) in [5, 5.41) is 3.22. The van der Waals surface area contributed by atoms with Gasteiger partial charge in [0.25, 0.3) is 0 Å². The Kier molecular flexibility index (Phi) is 2.45. The SMILES string of the molecule is CCNCc1nc2ncc(C)cc2[nH]1. The number of hydrogen-bond donors (Lipinski definition) is 2. The number of H-pyrrole nitrogens is 1. The van der Waals surface area contributed by atoms with Crippen molar-refractivity contribution < 1.29 is 0 Å². The first kappa shape index (κ1) is 9.15. The summed E-state index contributed by atoms with van der Waals surface area (Å²) in [4.78, 5) is 11.8. The second-order valence-electron chi connectivity index (χ2n) is 3.35. The molecule has 2 heterocycles. The summed E-state index contributed by atoms with van der Waals surface area (Å²) in [7, 11) is 0. The zero-order valence-corrected chi connectivity index (χ0v) is 8.46. The molecule has 0 fully saturated rings. The summed E-state index contributed by atoms with van der Waals surface area (Å²) in [6, 6.07) is 2.06.